The van der Waals surface area contributed by atoms with Gasteiger partial charge in [-0.2, -0.15) is 0 Å². The van der Waals surface area contributed by atoms with Gasteiger partial charge in [0.05, 0.1) is 4.88 Å². The standard InChI is InChI=1S/C16H18N2OS2/c1-16(2,3)11-6-8-12(9-7-11)17-15(20)18-14(19)13-5-4-10-21-13/h4-10H,1-3H3,(H2,17,18,19,20). The fourth-order valence-electron chi connectivity index (χ4n) is 1.79. The van der Waals surface area contributed by atoms with Crippen molar-refractivity contribution < 1.29 is 4.79 Å². The Hall–Kier alpha value is -1.72. The Morgan fingerprint density at radius 2 is 1.81 bits per heavy atom. The summed E-state index contributed by atoms with van der Waals surface area (Å²) in [5, 5.41) is 7.85. The molecule has 0 spiro atoms. The third kappa shape index (κ3) is 4.37. The zero-order chi connectivity index (χ0) is 15.5. The lowest BCUT2D eigenvalue weighted by Gasteiger charge is -2.19. The highest BCUT2D eigenvalue weighted by atomic mass is 32.1. The number of rotatable bonds is 2. The lowest BCUT2D eigenvalue weighted by atomic mass is 9.87. The Morgan fingerprint density at radius 3 is 2.33 bits per heavy atom. The molecule has 2 aromatic rings. The van der Waals surface area contributed by atoms with Crippen molar-refractivity contribution in [1.29, 1.82) is 0 Å². The molecule has 2 N–H and O–H groups in total. The third-order valence-electron chi connectivity index (χ3n) is 2.98. The van der Waals surface area contributed by atoms with Gasteiger partial charge >= 0.3 is 0 Å². The van der Waals surface area contributed by atoms with Crippen LogP contribution in [0.15, 0.2) is 41.8 Å². The van der Waals surface area contributed by atoms with Gasteiger partial charge in [-0.25, -0.2) is 0 Å². The van der Waals surface area contributed by atoms with E-state index in [1.807, 2.05) is 23.6 Å². The molecule has 1 aromatic carbocycles. The highest BCUT2D eigenvalue weighted by Gasteiger charge is 2.13. The molecule has 0 bridgehead atoms. The van der Waals surface area contributed by atoms with Gasteiger partial charge in [0.15, 0.2) is 5.11 Å². The average Bonchev–Trinajstić information content (AvgIpc) is 2.92. The van der Waals surface area contributed by atoms with E-state index < -0.39 is 0 Å². The van der Waals surface area contributed by atoms with Gasteiger partial charge in [0, 0.05) is 5.69 Å². The Kier molecular flexibility index (Phi) is 4.75. The monoisotopic (exact) mass is 318 g/mol. The normalized spacial score (nSPS) is 11.0. The zero-order valence-corrected chi connectivity index (χ0v) is 13.9. The van der Waals surface area contributed by atoms with Crippen molar-refractivity contribution in [1.82, 2.24) is 5.32 Å². The van der Waals surface area contributed by atoms with E-state index in [1.165, 1.54) is 16.9 Å². The molecule has 0 atom stereocenters. The summed E-state index contributed by atoms with van der Waals surface area (Å²) in [6.45, 7) is 6.50. The molecule has 0 unspecified atom stereocenters. The fraction of sp³-hybridized carbons (Fsp3) is 0.250. The van der Waals surface area contributed by atoms with Crippen LogP contribution in [0.2, 0.25) is 0 Å². The smallest absolute Gasteiger partial charge is 0.267 e. The predicted octanol–water partition coefficient (Wildman–Crippen LogP) is 4.17. The van der Waals surface area contributed by atoms with Crippen LogP contribution in [-0.4, -0.2) is 11.0 Å². The van der Waals surface area contributed by atoms with E-state index in [4.69, 9.17) is 12.2 Å². The van der Waals surface area contributed by atoms with E-state index >= 15 is 0 Å². The lowest BCUT2D eigenvalue weighted by molar-refractivity contribution is 0.0981. The van der Waals surface area contributed by atoms with Crippen LogP contribution < -0.4 is 10.6 Å². The molecule has 110 valence electrons. The van der Waals surface area contributed by atoms with Crippen LogP contribution in [0.5, 0.6) is 0 Å². The molecule has 0 aliphatic rings. The maximum Gasteiger partial charge on any atom is 0.267 e. The van der Waals surface area contributed by atoms with E-state index in [0.717, 1.165) is 5.69 Å². The maximum absolute atomic E-state index is 11.9. The SMILES string of the molecule is CC(C)(C)c1ccc(NC(=S)NC(=O)c2cccs2)cc1. The molecule has 0 fully saturated rings. The second-order valence-electron chi connectivity index (χ2n) is 5.71. The van der Waals surface area contributed by atoms with Crippen LogP contribution in [0.1, 0.15) is 36.0 Å². The number of anilines is 1. The van der Waals surface area contributed by atoms with Gasteiger partial charge in [0.1, 0.15) is 0 Å². The molecule has 1 heterocycles. The predicted molar refractivity (Wildman–Crippen MR) is 93.1 cm³/mol. The van der Waals surface area contributed by atoms with Gasteiger partial charge < -0.3 is 5.32 Å². The van der Waals surface area contributed by atoms with Crippen molar-refractivity contribution in [2.24, 2.45) is 0 Å². The molecule has 1 aromatic heterocycles. The van der Waals surface area contributed by atoms with Crippen LogP contribution in [-0.2, 0) is 5.41 Å². The number of amides is 1. The van der Waals surface area contributed by atoms with E-state index in [1.54, 1.807) is 6.07 Å². The molecule has 5 heteroatoms. The first-order valence-electron chi connectivity index (χ1n) is 6.62. The van der Waals surface area contributed by atoms with Gasteiger partial charge in [-0.1, -0.05) is 39.0 Å². The molecule has 21 heavy (non-hydrogen) atoms. The van der Waals surface area contributed by atoms with Crippen LogP contribution in [0, 0.1) is 0 Å². The minimum atomic E-state index is -0.186. The highest BCUT2D eigenvalue weighted by molar-refractivity contribution is 7.80. The summed E-state index contributed by atoms with van der Waals surface area (Å²) in [4.78, 5) is 12.5. The first-order valence-corrected chi connectivity index (χ1v) is 7.91. The van der Waals surface area contributed by atoms with Crippen molar-refractivity contribution in [2.45, 2.75) is 26.2 Å². The first kappa shape index (κ1) is 15.7. The molecular formula is C16H18N2OS2. The topological polar surface area (TPSA) is 41.1 Å². The second-order valence-corrected chi connectivity index (χ2v) is 7.07. The number of thiocarbonyl (C=S) groups is 1. The van der Waals surface area contributed by atoms with E-state index in [2.05, 4.69) is 43.5 Å². The van der Waals surface area contributed by atoms with Crippen molar-refractivity contribution >= 4 is 40.3 Å². The Balaban J connectivity index is 1.95. The van der Waals surface area contributed by atoms with Gasteiger partial charge in [0.2, 0.25) is 0 Å². The molecule has 1 amide bonds. The third-order valence-corrected chi connectivity index (χ3v) is 4.05. The largest absolute Gasteiger partial charge is 0.332 e. The number of hydrogen-bond donors (Lipinski definition) is 2. The van der Waals surface area contributed by atoms with Gasteiger partial charge in [-0.15, -0.1) is 11.3 Å². The van der Waals surface area contributed by atoms with Crippen LogP contribution in [0.3, 0.4) is 0 Å². The zero-order valence-electron chi connectivity index (χ0n) is 12.3. The van der Waals surface area contributed by atoms with Crippen LogP contribution >= 0.6 is 23.6 Å². The highest BCUT2D eigenvalue weighted by Crippen LogP contribution is 2.23. The van der Waals surface area contributed by atoms with Crippen molar-refractivity contribution in [3.63, 3.8) is 0 Å². The quantitative estimate of drug-likeness (QED) is 0.817. The van der Waals surface area contributed by atoms with Crippen LogP contribution in [0.4, 0.5) is 5.69 Å². The Morgan fingerprint density at radius 1 is 1.14 bits per heavy atom. The number of carbonyl (C=O) groups is 1. The maximum atomic E-state index is 11.9. The molecule has 0 saturated heterocycles. The molecule has 0 radical (unpaired) electrons. The molecule has 2 rings (SSSR count). The van der Waals surface area contributed by atoms with E-state index in [9.17, 15) is 4.79 Å². The number of nitrogens with one attached hydrogen (secondary N) is 2. The van der Waals surface area contributed by atoms with Gasteiger partial charge in [-0.05, 0) is 46.8 Å². The van der Waals surface area contributed by atoms with Crippen molar-refractivity contribution in [2.75, 3.05) is 5.32 Å². The molecule has 0 aliphatic heterocycles. The molecule has 0 aliphatic carbocycles. The number of carbonyl (C=O) groups excluding carboxylic acids is 1. The minimum Gasteiger partial charge on any atom is -0.332 e. The summed E-state index contributed by atoms with van der Waals surface area (Å²) < 4.78 is 0. The Labute approximate surface area is 134 Å². The average molecular weight is 318 g/mol. The minimum absolute atomic E-state index is 0.117. The molecule has 0 saturated carbocycles. The summed E-state index contributed by atoms with van der Waals surface area (Å²) in [6, 6.07) is 11.6. The summed E-state index contributed by atoms with van der Waals surface area (Å²) >= 11 is 6.54. The lowest BCUT2D eigenvalue weighted by Crippen LogP contribution is -2.33. The molecular weight excluding hydrogens is 300 g/mol. The van der Waals surface area contributed by atoms with Gasteiger partial charge in [-0.3, -0.25) is 10.1 Å². The summed E-state index contributed by atoms with van der Waals surface area (Å²) in [7, 11) is 0. The summed E-state index contributed by atoms with van der Waals surface area (Å²) in [5.74, 6) is -0.186. The van der Waals surface area contributed by atoms with Gasteiger partial charge in [0.25, 0.3) is 5.91 Å². The van der Waals surface area contributed by atoms with Crippen molar-refractivity contribution in [3.05, 3.63) is 52.2 Å². The first-order chi connectivity index (χ1) is 9.86. The fourth-order valence-corrected chi connectivity index (χ4v) is 2.62. The number of thiophene rings is 1. The second kappa shape index (κ2) is 6.37. The summed E-state index contributed by atoms with van der Waals surface area (Å²) in [5.41, 5.74) is 2.23. The van der Waals surface area contributed by atoms with Crippen molar-refractivity contribution in [3.8, 4) is 0 Å². The molecule has 3 nitrogen and oxygen atoms in total. The van der Waals surface area contributed by atoms with E-state index in [-0.39, 0.29) is 11.3 Å². The number of hydrogen-bond acceptors (Lipinski definition) is 3. The van der Waals surface area contributed by atoms with E-state index in [0.29, 0.717) is 9.99 Å². The summed E-state index contributed by atoms with van der Waals surface area (Å²) in [6.07, 6.45) is 0. The number of benzene rings is 1. The van der Waals surface area contributed by atoms with Crippen LogP contribution in [0.25, 0.3) is 0 Å². The Bertz CT molecular complexity index is 625.